The molecular formula is C24H37KO7S. The zero-order valence-electron chi connectivity index (χ0n) is 20.3. The first-order valence-corrected chi connectivity index (χ1v) is 13.1. The molecule has 0 amide bonds. The van der Waals surface area contributed by atoms with Crippen LogP contribution in [0, 0.1) is 0 Å². The summed E-state index contributed by atoms with van der Waals surface area (Å²) >= 11 is 0. The van der Waals surface area contributed by atoms with Crippen LogP contribution in [0.3, 0.4) is 0 Å². The van der Waals surface area contributed by atoms with Crippen molar-refractivity contribution in [3.8, 4) is 0 Å². The molecule has 1 atom stereocenters. The molecule has 1 aromatic rings. The fourth-order valence-corrected chi connectivity index (χ4v) is 3.44. The van der Waals surface area contributed by atoms with E-state index in [1.54, 1.807) is 12.1 Å². The van der Waals surface area contributed by atoms with E-state index in [2.05, 4.69) is 6.92 Å². The summed E-state index contributed by atoms with van der Waals surface area (Å²) in [5, 5.41) is -1.37. The first-order chi connectivity index (χ1) is 15.3. The Balaban J connectivity index is 0.0000102. The van der Waals surface area contributed by atoms with Gasteiger partial charge in [-0.15, -0.1) is 0 Å². The minimum atomic E-state index is -4.56. The molecule has 1 rings (SSSR count). The van der Waals surface area contributed by atoms with Gasteiger partial charge >= 0.3 is 63.3 Å². The predicted molar refractivity (Wildman–Crippen MR) is 123 cm³/mol. The molecule has 0 aromatic heterocycles. The average molecular weight is 509 g/mol. The first-order valence-electron chi connectivity index (χ1n) is 11.6. The van der Waals surface area contributed by atoms with Gasteiger partial charge < -0.3 is 14.0 Å². The van der Waals surface area contributed by atoms with E-state index < -0.39 is 33.9 Å². The SMILES string of the molecule is CCCCCCCCCCCCCOC(=O)c1ccccc1C(=O)OCC(C)S(=O)(=O)[O-].[K+]. The molecular weight excluding hydrogens is 471 g/mol. The molecule has 33 heavy (non-hydrogen) atoms. The van der Waals surface area contributed by atoms with Gasteiger partial charge in [-0.1, -0.05) is 83.3 Å². The van der Waals surface area contributed by atoms with Crippen LogP contribution in [0.2, 0.25) is 0 Å². The molecule has 0 saturated carbocycles. The van der Waals surface area contributed by atoms with Gasteiger partial charge in [0.1, 0.15) is 16.7 Å². The summed E-state index contributed by atoms with van der Waals surface area (Å²) in [6, 6.07) is 6.01. The first kappa shape index (κ1) is 32.7. The fourth-order valence-electron chi connectivity index (χ4n) is 3.20. The third-order valence-electron chi connectivity index (χ3n) is 5.29. The Morgan fingerprint density at radius 3 is 1.70 bits per heavy atom. The molecule has 0 saturated heterocycles. The Kier molecular flexibility index (Phi) is 18.8. The number of esters is 2. The van der Waals surface area contributed by atoms with E-state index in [0.29, 0.717) is 0 Å². The van der Waals surface area contributed by atoms with E-state index in [-0.39, 0.29) is 69.1 Å². The summed E-state index contributed by atoms with van der Waals surface area (Å²) in [4.78, 5) is 24.6. The molecule has 0 bridgehead atoms. The van der Waals surface area contributed by atoms with Crippen LogP contribution in [0.15, 0.2) is 24.3 Å². The minimum Gasteiger partial charge on any atom is -0.748 e. The molecule has 0 radical (unpaired) electrons. The van der Waals surface area contributed by atoms with E-state index in [1.807, 2.05) is 0 Å². The molecule has 1 aromatic carbocycles. The van der Waals surface area contributed by atoms with E-state index in [9.17, 15) is 22.6 Å². The zero-order chi connectivity index (χ0) is 23.8. The number of hydrogen-bond donors (Lipinski definition) is 0. The molecule has 182 valence electrons. The Bertz CT molecular complexity index is 796. The van der Waals surface area contributed by atoms with Crippen LogP contribution in [-0.2, 0) is 19.6 Å². The van der Waals surface area contributed by atoms with Gasteiger partial charge in [-0.3, -0.25) is 0 Å². The second-order valence-electron chi connectivity index (χ2n) is 8.12. The van der Waals surface area contributed by atoms with Crippen molar-refractivity contribution in [2.45, 2.75) is 89.7 Å². The maximum atomic E-state index is 12.4. The van der Waals surface area contributed by atoms with Gasteiger partial charge in [0.15, 0.2) is 0 Å². The van der Waals surface area contributed by atoms with Crippen molar-refractivity contribution >= 4 is 22.1 Å². The zero-order valence-corrected chi connectivity index (χ0v) is 24.3. The molecule has 0 aliphatic carbocycles. The maximum Gasteiger partial charge on any atom is 1.00 e. The summed E-state index contributed by atoms with van der Waals surface area (Å²) in [6.07, 6.45) is 13.1. The normalized spacial score (nSPS) is 12.0. The van der Waals surface area contributed by atoms with Gasteiger partial charge in [0.05, 0.1) is 23.0 Å². The number of unbranched alkanes of at least 4 members (excludes halogenated alkanes) is 10. The van der Waals surface area contributed by atoms with Gasteiger partial charge in [0.2, 0.25) is 0 Å². The number of benzene rings is 1. The van der Waals surface area contributed by atoms with Crippen LogP contribution in [0.5, 0.6) is 0 Å². The number of carbonyl (C=O) groups is 2. The third-order valence-corrected chi connectivity index (χ3v) is 6.41. The summed E-state index contributed by atoms with van der Waals surface area (Å²) in [6.45, 7) is 3.07. The summed E-state index contributed by atoms with van der Waals surface area (Å²) < 4.78 is 43.0. The molecule has 9 heteroatoms. The largest absolute Gasteiger partial charge is 1.00 e. The quantitative estimate of drug-likeness (QED) is 0.137. The molecule has 0 fully saturated rings. The molecule has 0 aliphatic heterocycles. The summed E-state index contributed by atoms with van der Waals surface area (Å²) in [7, 11) is -4.56. The molecule has 0 aliphatic rings. The van der Waals surface area contributed by atoms with Gasteiger partial charge in [0.25, 0.3) is 0 Å². The molecule has 7 nitrogen and oxygen atoms in total. The van der Waals surface area contributed by atoms with E-state index >= 15 is 0 Å². The van der Waals surface area contributed by atoms with E-state index in [0.717, 1.165) is 26.2 Å². The number of hydrogen-bond acceptors (Lipinski definition) is 7. The van der Waals surface area contributed by atoms with Crippen molar-refractivity contribution in [3.05, 3.63) is 35.4 Å². The monoisotopic (exact) mass is 508 g/mol. The van der Waals surface area contributed by atoms with Crippen molar-refractivity contribution in [1.29, 1.82) is 0 Å². The fraction of sp³-hybridized carbons (Fsp3) is 0.667. The van der Waals surface area contributed by atoms with Gasteiger partial charge in [-0.2, -0.15) is 0 Å². The maximum absolute atomic E-state index is 12.4. The Morgan fingerprint density at radius 2 is 1.24 bits per heavy atom. The number of carbonyl (C=O) groups excluding carboxylic acids is 2. The molecule has 0 spiro atoms. The Hall–Kier alpha value is -0.294. The third kappa shape index (κ3) is 14.6. The summed E-state index contributed by atoms with van der Waals surface area (Å²) in [5.74, 6) is -1.50. The van der Waals surface area contributed by atoms with Crippen LogP contribution < -0.4 is 51.4 Å². The van der Waals surface area contributed by atoms with Crippen LogP contribution in [-0.4, -0.2) is 43.4 Å². The summed E-state index contributed by atoms with van der Waals surface area (Å²) in [5.41, 5.74) is 0.0325. The topological polar surface area (TPSA) is 110 Å². The average Bonchev–Trinajstić information content (AvgIpc) is 2.77. The van der Waals surface area contributed by atoms with Crippen molar-refractivity contribution in [1.82, 2.24) is 0 Å². The van der Waals surface area contributed by atoms with Gasteiger partial charge in [-0.25, -0.2) is 18.0 Å². The minimum absolute atomic E-state index is 0. The Labute approximate surface area is 241 Å². The number of rotatable bonds is 17. The molecule has 0 heterocycles. The van der Waals surface area contributed by atoms with E-state index in [1.165, 1.54) is 63.5 Å². The molecule has 1 unspecified atom stereocenters. The van der Waals surface area contributed by atoms with Gasteiger partial charge in [0, 0.05) is 0 Å². The van der Waals surface area contributed by atoms with Crippen molar-refractivity contribution in [2.75, 3.05) is 13.2 Å². The second-order valence-corrected chi connectivity index (χ2v) is 9.91. The van der Waals surface area contributed by atoms with Crippen molar-refractivity contribution in [3.63, 3.8) is 0 Å². The van der Waals surface area contributed by atoms with Crippen LogP contribution in [0.1, 0.15) is 105 Å². The second kappa shape index (κ2) is 19.0. The van der Waals surface area contributed by atoms with Crippen LogP contribution >= 0.6 is 0 Å². The van der Waals surface area contributed by atoms with Crippen molar-refractivity contribution in [2.24, 2.45) is 0 Å². The van der Waals surface area contributed by atoms with Crippen LogP contribution in [0.25, 0.3) is 0 Å². The number of ether oxygens (including phenoxy) is 2. The molecule has 0 N–H and O–H groups in total. The Morgan fingerprint density at radius 1 is 0.818 bits per heavy atom. The smallest absolute Gasteiger partial charge is 0.748 e. The van der Waals surface area contributed by atoms with Crippen LogP contribution in [0.4, 0.5) is 0 Å². The van der Waals surface area contributed by atoms with Gasteiger partial charge in [-0.05, 0) is 25.5 Å². The van der Waals surface area contributed by atoms with E-state index in [4.69, 9.17) is 9.47 Å². The van der Waals surface area contributed by atoms with Crippen molar-refractivity contribution < 1.29 is 83.4 Å². The standard InChI is InChI=1S/C24H38O7S.K/c1-3-4-5-6-7-8-9-10-11-12-15-18-30-23(25)21-16-13-14-17-22(21)24(26)31-19-20(2)32(27,28)29;/h13-14,16-17,20H,3-12,15,18-19H2,1-2H3,(H,27,28,29);/q;+1/p-1. The predicted octanol–water partition coefficient (Wildman–Crippen LogP) is 2.25.